The molecule has 4 N–H and O–H groups in total. The molecule has 1 heterocycles. The molecule has 1 amide bonds. The summed E-state index contributed by atoms with van der Waals surface area (Å²) in [5, 5.41) is 22.3. The number of alkyl halides is 1. The third-order valence-electron chi connectivity index (χ3n) is 4.98. The molecule has 9 heteroatoms. The number of carboxylic acid groups (broad SMARTS) is 1. The Hall–Kier alpha value is -3.75. The average Bonchev–Trinajstić information content (AvgIpc) is 3.12. The number of imidazole rings is 1. The van der Waals surface area contributed by atoms with Crippen molar-refractivity contribution in [2.45, 2.75) is 18.9 Å². The van der Waals surface area contributed by atoms with Gasteiger partial charge in [-0.25, -0.2) is 14.2 Å². The topological polar surface area (TPSA) is 120 Å². The number of nitrogens with zero attached hydrogens (tertiary/aromatic N) is 2. The summed E-state index contributed by atoms with van der Waals surface area (Å²) in [5.41, 5.74) is 1.67. The van der Waals surface area contributed by atoms with Crippen LogP contribution in [0.3, 0.4) is 0 Å². The van der Waals surface area contributed by atoms with Crippen LogP contribution in [0.15, 0.2) is 48.5 Å². The molecule has 0 radical (unpaired) electrons. The predicted molar refractivity (Wildman–Crippen MR) is 115 cm³/mol. The minimum atomic E-state index is -1.18. The predicted octanol–water partition coefficient (Wildman–Crippen LogP) is 3.06. The van der Waals surface area contributed by atoms with Crippen LogP contribution in [0.1, 0.15) is 45.4 Å². The summed E-state index contributed by atoms with van der Waals surface area (Å²) in [7, 11) is 1.85. The minimum Gasteiger partial charge on any atom is -0.478 e. The molecule has 0 saturated carbocycles. The number of hydrogen-bond donors (Lipinski definition) is 4. The summed E-state index contributed by atoms with van der Waals surface area (Å²) in [4.78, 5) is 29.1. The number of amidine groups is 1. The normalized spacial score (nSPS) is 11.8. The van der Waals surface area contributed by atoms with Crippen molar-refractivity contribution in [3.63, 3.8) is 0 Å². The largest absolute Gasteiger partial charge is 0.478 e. The summed E-state index contributed by atoms with van der Waals surface area (Å²) in [6.07, 6.45) is 1.00. The number of hydrogen-bond acceptors (Lipinski definition) is 4. The molecule has 8 nitrogen and oxygen atoms in total. The van der Waals surface area contributed by atoms with Gasteiger partial charge in [-0.15, -0.1) is 0 Å². The quantitative estimate of drug-likeness (QED) is 0.239. The van der Waals surface area contributed by atoms with Crippen molar-refractivity contribution in [2.75, 3.05) is 13.2 Å². The maximum atomic E-state index is 13.0. The van der Waals surface area contributed by atoms with E-state index in [-0.39, 0.29) is 17.0 Å². The number of carbonyl (C=O) groups is 2. The SMILES string of the molecule is Cn1c([C@H](CCCNC(=N)CF)NC(=O)c2ccccc2C(=O)O)nc2ccccc21. The first-order valence-electron chi connectivity index (χ1n) is 9.84. The first-order valence-corrected chi connectivity index (χ1v) is 9.84. The van der Waals surface area contributed by atoms with E-state index in [9.17, 15) is 19.1 Å². The molecular formula is C22H24FN5O3. The van der Waals surface area contributed by atoms with Crippen LogP contribution in [0.2, 0.25) is 0 Å². The van der Waals surface area contributed by atoms with E-state index in [0.717, 1.165) is 11.0 Å². The molecule has 0 aliphatic carbocycles. The van der Waals surface area contributed by atoms with Crippen LogP contribution in [0, 0.1) is 5.41 Å². The van der Waals surface area contributed by atoms with Crippen molar-refractivity contribution in [1.29, 1.82) is 5.41 Å². The Morgan fingerprint density at radius 2 is 1.84 bits per heavy atom. The minimum absolute atomic E-state index is 0.0658. The maximum Gasteiger partial charge on any atom is 0.336 e. The number of rotatable bonds is 9. The highest BCUT2D eigenvalue weighted by Gasteiger charge is 2.23. The zero-order valence-corrected chi connectivity index (χ0v) is 17.1. The summed E-state index contributed by atoms with van der Waals surface area (Å²) in [6, 6.07) is 13.1. The number of aryl methyl sites for hydroxylation is 1. The third kappa shape index (κ3) is 5.06. The number of para-hydroxylation sites is 2. The van der Waals surface area contributed by atoms with E-state index in [1.54, 1.807) is 12.1 Å². The van der Waals surface area contributed by atoms with E-state index < -0.39 is 24.6 Å². The zero-order chi connectivity index (χ0) is 22.4. The molecule has 0 aliphatic heterocycles. The van der Waals surface area contributed by atoms with Crippen LogP contribution in [-0.2, 0) is 7.05 Å². The third-order valence-corrected chi connectivity index (χ3v) is 4.98. The highest BCUT2D eigenvalue weighted by Crippen LogP contribution is 2.23. The molecule has 3 aromatic rings. The molecule has 162 valence electrons. The van der Waals surface area contributed by atoms with Gasteiger partial charge < -0.3 is 20.3 Å². The van der Waals surface area contributed by atoms with Crippen LogP contribution < -0.4 is 10.6 Å². The Morgan fingerprint density at radius 3 is 2.52 bits per heavy atom. The molecule has 1 atom stereocenters. The lowest BCUT2D eigenvalue weighted by molar-refractivity contribution is 0.0690. The van der Waals surface area contributed by atoms with Crippen LogP contribution in [0.25, 0.3) is 11.0 Å². The number of nitrogens with one attached hydrogen (secondary N) is 3. The second-order valence-corrected chi connectivity index (χ2v) is 7.08. The van der Waals surface area contributed by atoms with E-state index in [0.29, 0.717) is 25.2 Å². The van der Waals surface area contributed by atoms with Gasteiger partial charge in [-0.2, -0.15) is 0 Å². The van der Waals surface area contributed by atoms with E-state index in [2.05, 4.69) is 15.6 Å². The first kappa shape index (κ1) is 21.9. The van der Waals surface area contributed by atoms with Gasteiger partial charge in [0.1, 0.15) is 18.3 Å². The standard InChI is InChI=1S/C22H24FN5O3/c1-28-18-11-5-4-9-16(18)26-20(28)17(10-6-12-25-19(24)13-23)27-21(29)14-7-2-3-8-15(14)22(30)31/h2-5,7-9,11,17H,6,10,12-13H2,1H3,(H2,24,25)(H,27,29)(H,30,31)/t17-/m0/s1. The molecule has 0 unspecified atom stereocenters. The van der Waals surface area contributed by atoms with Crippen LogP contribution in [-0.4, -0.2) is 45.6 Å². The van der Waals surface area contributed by atoms with Gasteiger partial charge in [0.05, 0.1) is 28.2 Å². The van der Waals surface area contributed by atoms with Gasteiger partial charge in [-0.05, 0) is 37.1 Å². The summed E-state index contributed by atoms with van der Waals surface area (Å²) < 4.78 is 14.4. The lowest BCUT2D eigenvalue weighted by atomic mass is 10.1. The number of fused-ring (bicyclic) bond motifs is 1. The molecule has 31 heavy (non-hydrogen) atoms. The van der Waals surface area contributed by atoms with Crippen LogP contribution >= 0.6 is 0 Å². The molecule has 0 fully saturated rings. The molecule has 0 aliphatic rings. The Morgan fingerprint density at radius 1 is 1.16 bits per heavy atom. The number of amides is 1. The van der Waals surface area contributed by atoms with Gasteiger partial charge >= 0.3 is 5.97 Å². The van der Waals surface area contributed by atoms with Crippen molar-refractivity contribution in [2.24, 2.45) is 7.05 Å². The number of aromatic carboxylic acids is 1. The summed E-state index contributed by atoms with van der Waals surface area (Å²) >= 11 is 0. The van der Waals surface area contributed by atoms with Crippen molar-refractivity contribution < 1.29 is 19.1 Å². The number of halogens is 1. The molecule has 0 bridgehead atoms. The van der Waals surface area contributed by atoms with Crippen molar-refractivity contribution >= 4 is 28.7 Å². The fourth-order valence-corrected chi connectivity index (χ4v) is 3.44. The van der Waals surface area contributed by atoms with E-state index in [1.165, 1.54) is 12.1 Å². The first-order chi connectivity index (χ1) is 14.9. The average molecular weight is 425 g/mol. The monoisotopic (exact) mass is 425 g/mol. The molecule has 0 saturated heterocycles. The van der Waals surface area contributed by atoms with E-state index >= 15 is 0 Å². The Labute approximate surface area is 178 Å². The Balaban J connectivity index is 1.86. The Kier molecular flexibility index (Phi) is 6.96. The number of carboxylic acids is 1. The fourth-order valence-electron chi connectivity index (χ4n) is 3.44. The van der Waals surface area contributed by atoms with E-state index in [1.807, 2.05) is 35.9 Å². The smallest absolute Gasteiger partial charge is 0.336 e. The fraction of sp³-hybridized carbons (Fsp3) is 0.273. The maximum absolute atomic E-state index is 13.0. The highest BCUT2D eigenvalue weighted by atomic mass is 19.1. The molecule has 0 spiro atoms. The second kappa shape index (κ2) is 9.84. The molecular weight excluding hydrogens is 401 g/mol. The van der Waals surface area contributed by atoms with Crippen LogP contribution in [0.4, 0.5) is 4.39 Å². The van der Waals surface area contributed by atoms with Crippen LogP contribution in [0.5, 0.6) is 0 Å². The molecule has 2 aromatic carbocycles. The van der Waals surface area contributed by atoms with Gasteiger partial charge in [0.2, 0.25) is 0 Å². The van der Waals surface area contributed by atoms with Crippen molar-refractivity contribution in [1.82, 2.24) is 20.2 Å². The number of aromatic nitrogens is 2. The van der Waals surface area contributed by atoms with Gasteiger partial charge in [0.25, 0.3) is 5.91 Å². The molecule has 3 rings (SSSR count). The van der Waals surface area contributed by atoms with Gasteiger partial charge in [-0.1, -0.05) is 24.3 Å². The molecule has 1 aromatic heterocycles. The lowest BCUT2D eigenvalue weighted by Crippen LogP contribution is -2.32. The lowest BCUT2D eigenvalue weighted by Gasteiger charge is -2.19. The van der Waals surface area contributed by atoms with Crippen molar-refractivity contribution in [3.8, 4) is 0 Å². The summed E-state index contributed by atoms with van der Waals surface area (Å²) in [5.74, 6) is -1.26. The Bertz CT molecular complexity index is 1110. The van der Waals surface area contributed by atoms with Gasteiger partial charge in [0.15, 0.2) is 0 Å². The zero-order valence-electron chi connectivity index (χ0n) is 17.1. The summed E-state index contributed by atoms with van der Waals surface area (Å²) in [6.45, 7) is -0.498. The van der Waals surface area contributed by atoms with Crippen molar-refractivity contribution in [3.05, 3.63) is 65.5 Å². The second-order valence-electron chi connectivity index (χ2n) is 7.08. The highest BCUT2D eigenvalue weighted by molar-refractivity contribution is 6.04. The van der Waals surface area contributed by atoms with E-state index in [4.69, 9.17) is 5.41 Å². The van der Waals surface area contributed by atoms with Gasteiger partial charge in [0, 0.05) is 13.6 Å². The number of benzene rings is 2. The number of carbonyl (C=O) groups excluding carboxylic acids is 1. The van der Waals surface area contributed by atoms with Gasteiger partial charge in [-0.3, -0.25) is 10.2 Å².